The lowest BCUT2D eigenvalue weighted by Gasteiger charge is -2.23. The molecule has 2 aromatic rings. The summed E-state index contributed by atoms with van der Waals surface area (Å²) < 4.78 is 0. The summed E-state index contributed by atoms with van der Waals surface area (Å²) in [4.78, 5) is 24.7. The van der Waals surface area contributed by atoms with Crippen LogP contribution in [0.4, 0.5) is 0 Å². The lowest BCUT2D eigenvalue weighted by Crippen LogP contribution is -2.29. The minimum absolute atomic E-state index is 0.0922. The molecule has 0 saturated heterocycles. The van der Waals surface area contributed by atoms with Gasteiger partial charge in [-0.25, -0.2) is 0 Å². The molecule has 0 bridgehead atoms. The number of carbonyl (C=O) groups is 2. The van der Waals surface area contributed by atoms with Crippen molar-refractivity contribution in [2.45, 2.75) is 32.4 Å². The Balaban J connectivity index is 2.05. The second-order valence-corrected chi connectivity index (χ2v) is 5.28. The smallest absolute Gasteiger partial charge is 0.223 e. The molecule has 3 nitrogen and oxygen atoms in total. The first-order chi connectivity index (χ1) is 10.8. The topological polar surface area (TPSA) is 37.4 Å². The summed E-state index contributed by atoms with van der Waals surface area (Å²) in [5, 5.41) is 0. The number of unbranched alkanes of at least 4 members (excludes halogenated alkanes) is 1. The number of nitrogens with zero attached hydrogens (tertiary/aromatic N) is 1. The zero-order chi connectivity index (χ0) is 15.6. The average molecular weight is 295 g/mol. The molecule has 0 aliphatic heterocycles. The standard InChI is InChI=1S/C19H21NO2/c21-14-8-7-13-19(22)20(15-17-9-3-1-4-10-17)16-18-11-5-2-6-12-18/h1-6,9-12,14H,7-8,13,15-16H2. The van der Waals surface area contributed by atoms with Gasteiger partial charge in [0.25, 0.3) is 0 Å². The van der Waals surface area contributed by atoms with Gasteiger partial charge in [-0.05, 0) is 17.5 Å². The highest BCUT2D eigenvalue weighted by molar-refractivity contribution is 5.76. The number of carbonyl (C=O) groups excluding carboxylic acids is 2. The minimum Gasteiger partial charge on any atom is -0.334 e. The van der Waals surface area contributed by atoms with E-state index in [9.17, 15) is 9.59 Å². The molecule has 2 rings (SSSR count). The third-order valence-corrected chi connectivity index (χ3v) is 3.50. The van der Waals surface area contributed by atoms with Crippen LogP contribution in [-0.4, -0.2) is 17.1 Å². The predicted molar refractivity (Wildman–Crippen MR) is 87.1 cm³/mol. The van der Waals surface area contributed by atoms with E-state index in [1.165, 1.54) is 0 Å². The van der Waals surface area contributed by atoms with Crippen molar-refractivity contribution >= 4 is 12.2 Å². The Morgan fingerprint density at radius 2 is 1.36 bits per heavy atom. The number of benzene rings is 2. The van der Waals surface area contributed by atoms with Gasteiger partial charge in [-0.2, -0.15) is 0 Å². The quantitative estimate of drug-likeness (QED) is 0.551. The summed E-state index contributed by atoms with van der Waals surface area (Å²) in [5.74, 6) is 0.0922. The molecule has 1 amide bonds. The molecular weight excluding hydrogens is 274 g/mol. The Kier molecular flexibility index (Phi) is 6.37. The van der Waals surface area contributed by atoms with E-state index in [1.54, 1.807) is 0 Å². The van der Waals surface area contributed by atoms with Gasteiger partial charge in [-0.15, -0.1) is 0 Å². The molecule has 0 aromatic heterocycles. The van der Waals surface area contributed by atoms with Gasteiger partial charge in [0, 0.05) is 25.9 Å². The molecule has 0 saturated carbocycles. The van der Waals surface area contributed by atoms with Crippen LogP contribution in [0.5, 0.6) is 0 Å². The lowest BCUT2D eigenvalue weighted by atomic mass is 10.1. The van der Waals surface area contributed by atoms with E-state index >= 15 is 0 Å². The fraction of sp³-hybridized carbons (Fsp3) is 0.263. The third kappa shape index (κ3) is 5.17. The van der Waals surface area contributed by atoms with Crippen molar-refractivity contribution in [2.24, 2.45) is 0 Å². The molecule has 0 aliphatic carbocycles. The maximum Gasteiger partial charge on any atom is 0.223 e. The third-order valence-electron chi connectivity index (χ3n) is 3.50. The van der Waals surface area contributed by atoms with Crippen LogP contribution >= 0.6 is 0 Å². The maximum absolute atomic E-state index is 12.4. The molecule has 114 valence electrons. The van der Waals surface area contributed by atoms with Gasteiger partial charge in [-0.1, -0.05) is 60.7 Å². The van der Waals surface area contributed by atoms with Crippen LogP contribution in [0.15, 0.2) is 60.7 Å². The molecule has 3 heteroatoms. The summed E-state index contributed by atoms with van der Waals surface area (Å²) in [6, 6.07) is 20.0. The van der Waals surface area contributed by atoms with Crippen LogP contribution in [0.3, 0.4) is 0 Å². The highest BCUT2D eigenvalue weighted by Crippen LogP contribution is 2.12. The normalized spacial score (nSPS) is 10.2. The molecule has 22 heavy (non-hydrogen) atoms. The predicted octanol–water partition coefficient (Wildman–Crippen LogP) is 3.58. The lowest BCUT2D eigenvalue weighted by molar-refractivity contribution is -0.132. The van der Waals surface area contributed by atoms with Crippen LogP contribution in [0.25, 0.3) is 0 Å². The zero-order valence-electron chi connectivity index (χ0n) is 12.7. The fourth-order valence-electron chi connectivity index (χ4n) is 2.33. The van der Waals surface area contributed by atoms with Crippen molar-refractivity contribution in [1.29, 1.82) is 0 Å². The molecular formula is C19H21NO2. The van der Waals surface area contributed by atoms with Gasteiger partial charge in [0.15, 0.2) is 0 Å². The highest BCUT2D eigenvalue weighted by Gasteiger charge is 2.14. The number of hydrogen-bond acceptors (Lipinski definition) is 2. The van der Waals surface area contributed by atoms with Gasteiger partial charge < -0.3 is 9.69 Å². The maximum atomic E-state index is 12.4. The Labute approximate surface area is 131 Å². The van der Waals surface area contributed by atoms with Crippen molar-refractivity contribution < 1.29 is 9.59 Å². The molecule has 0 atom stereocenters. The van der Waals surface area contributed by atoms with E-state index in [0.717, 1.165) is 17.4 Å². The number of hydrogen-bond donors (Lipinski definition) is 0. The van der Waals surface area contributed by atoms with Gasteiger partial charge in [0.2, 0.25) is 5.91 Å². The molecule has 0 aliphatic rings. The summed E-state index contributed by atoms with van der Waals surface area (Å²) in [7, 11) is 0. The summed E-state index contributed by atoms with van der Waals surface area (Å²) in [5.41, 5.74) is 2.23. The first-order valence-electron chi connectivity index (χ1n) is 7.59. The summed E-state index contributed by atoms with van der Waals surface area (Å²) >= 11 is 0. The number of aldehydes is 1. The minimum atomic E-state index is 0.0922. The molecule has 0 spiro atoms. The van der Waals surface area contributed by atoms with Gasteiger partial charge in [-0.3, -0.25) is 4.79 Å². The second kappa shape index (κ2) is 8.78. The van der Waals surface area contributed by atoms with Crippen LogP contribution in [0.2, 0.25) is 0 Å². The Morgan fingerprint density at radius 3 is 1.82 bits per heavy atom. The van der Waals surface area contributed by atoms with Crippen LogP contribution < -0.4 is 0 Å². The van der Waals surface area contributed by atoms with Crippen molar-refractivity contribution in [1.82, 2.24) is 4.90 Å². The van der Waals surface area contributed by atoms with Gasteiger partial charge in [0.1, 0.15) is 6.29 Å². The van der Waals surface area contributed by atoms with Crippen LogP contribution in [0.1, 0.15) is 30.4 Å². The molecule has 0 unspecified atom stereocenters. The van der Waals surface area contributed by atoms with E-state index < -0.39 is 0 Å². The highest BCUT2D eigenvalue weighted by atomic mass is 16.2. The van der Waals surface area contributed by atoms with E-state index in [1.807, 2.05) is 65.6 Å². The summed E-state index contributed by atoms with van der Waals surface area (Å²) in [6.07, 6.45) is 2.34. The number of rotatable bonds is 8. The van der Waals surface area contributed by atoms with E-state index in [2.05, 4.69) is 0 Å². The van der Waals surface area contributed by atoms with Crippen molar-refractivity contribution in [3.05, 3.63) is 71.8 Å². The molecule has 0 heterocycles. The fourth-order valence-corrected chi connectivity index (χ4v) is 2.33. The second-order valence-electron chi connectivity index (χ2n) is 5.28. The monoisotopic (exact) mass is 295 g/mol. The molecule has 0 N–H and O–H groups in total. The van der Waals surface area contributed by atoms with Gasteiger partial charge in [0.05, 0.1) is 0 Å². The zero-order valence-corrected chi connectivity index (χ0v) is 12.7. The number of amides is 1. The summed E-state index contributed by atoms with van der Waals surface area (Å²) in [6.45, 7) is 1.19. The van der Waals surface area contributed by atoms with Gasteiger partial charge >= 0.3 is 0 Å². The first-order valence-corrected chi connectivity index (χ1v) is 7.59. The molecule has 0 fully saturated rings. The molecule has 0 radical (unpaired) electrons. The van der Waals surface area contributed by atoms with Crippen molar-refractivity contribution in [3.63, 3.8) is 0 Å². The first kappa shape index (κ1) is 16.0. The SMILES string of the molecule is O=CCCCC(=O)N(Cc1ccccc1)Cc1ccccc1. The average Bonchev–Trinajstić information content (AvgIpc) is 2.56. The molecule has 2 aromatic carbocycles. The van der Waals surface area contributed by atoms with Crippen molar-refractivity contribution in [3.8, 4) is 0 Å². The van der Waals surface area contributed by atoms with Crippen LogP contribution in [0, 0.1) is 0 Å². The Hall–Kier alpha value is -2.42. The van der Waals surface area contributed by atoms with E-state index in [4.69, 9.17) is 0 Å². The van der Waals surface area contributed by atoms with Crippen molar-refractivity contribution in [2.75, 3.05) is 0 Å². The van der Waals surface area contributed by atoms with Crippen LogP contribution in [-0.2, 0) is 22.7 Å². The Bertz CT molecular complexity index is 539. The van der Waals surface area contributed by atoms with E-state index in [0.29, 0.717) is 32.4 Å². The largest absolute Gasteiger partial charge is 0.334 e. The Morgan fingerprint density at radius 1 is 0.864 bits per heavy atom. The van der Waals surface area contributed by atoms with E-state index in [-0.39, 0.29) is 5.91 Å².